The molecule has 1 N–H and O–H groups in total. The largest absolute Gasteiger partial charge is 0.493 e. The number of carbonyl (C=O) groups is 1. The fourth-order valence-electron chi connectivity index (χ4n) is 2.08. The van der Waals surface area contributed by atoms with E-state index in [-0.39, 0.29) is 5.91 Å². The molecule has 0 fully saturated rings. The minimum atomic E-state index is -0.135. The van der Waals surface area contributed by atoms with Crippen LogP contribution in [0.5, 0.6) is 11.5 Å². The van der Waals surface area contributed by atoms with Crippen molar-refractivity contribution in [1.29, 1.82) is 0 Å². The van der Waals surface area contributed by atoms with E-state index in [1.807, 2.05) is 38.1 Å². The van der Waals surface area contributed by atoms with Gasteiger partial charge in [-0.25, -0.2) is 0 Å². The molecule has 0 aliphatic carbocycles. The molecule has 0 heterocycles. The van der Waals surface area contributed by atoms with Gasteiger partial charge in [0.1, 0.15) is 0 Å². The Labute approximate surface area is 131 Å². The van der Waals surface area contributed by atoms with E-state index in [2.05, 4.69) is 5.32 Å². The molecule has 4 nitrogen and oxygen atoms in total. The van der Waals surface area contributed by atoms with Crippen LogP contribution in [0.25, 0.3) is 0 Å². The summed E-state index contributed by atoms with van der Waals surface area (Å²) in [6.07, 6.45) is 0. The molecule has 22 heavy (non-hydrogen) atoms. The highest BCUT2D eigenvalue weighted by atomic mass is 16.5. The third-order valence-corrected chi connectivity index (χ3v) is 3.30. The summed E-state index contributed by atoms with van der Waals surface area (Å²) in [7, 11) is 1.58. The number of nitrogens with one attached hydrogen (secondary N) is 1. The number of amides is 1. The van der Waals surface area contributed by atoms with Gasteiger partial charge >= 0.3 is 0 Å². The third kappa shape index (κ3) is 4.01. The molecule has 1 amide bonds. The van der Waals surface area contributed by atoms with Crippen molar-refractivity contribution < 1.29 is 14.3 Å². The summed E-state index contributed by atoms with van der Waals surface area (Å²) < 4.78 is 10.7. The number of hydrogen-bond acceptors (Lipinski definition) is 3. The number of methoxy groups -OCH3 is 1. The van der Waals surface area contributed by atoms with Crippen molar-refractivity contribution in [1.82, 2.24) is 5.32 Å². The van der Waals surface area contributed by atoms with E-state index in [1.165, 1.54) is 5.56 Å². The van der Waals surface area contributed by atoms with Crippen molar-refractivity contribution in [3.8, 4) is 11.5 Å². The van der Waals surface area contributed by atoms with Gasteiger partial charge in [-0.2, -0.15) is 0 Å². The van der Waals surface area contributed by atoms with E-state index in [0.717, 1.165) is 5.56 Å². The van der Waals surface area contributed by atoms with Crippen molar-refractivity contribution in [2.75, 3.05) is 13.7 Å². The van der Waals surface area contributed by atoms with Gasteiger partial charge < -0.3 is 14.8 Å². The maximum atomic E-state index is 12.2. The van der Waals surface area contributed by atoms with Gasteiger partial charge in [-0.3, -0.25) is 4.79 Å². The van der Waals surface area contributed by atoms with Crippen LogP contribution in [0.2, 0.25) is 0 Å². The number of carbonyl (C=O) groups excluding carboxylic acids is 1. The second-order valence-electron chi connectivity index (χ2n) is 4.97. The lowest BCUT2D eigenvalue weighted by Gasteiger charge is -2.11. The predicted octanol–water partition coefficient (Wildman–Crippen LogP) is 3.33. The summed E-state index contributed by atoms with van der Waals surface area (Å²) in [5.74, 6) is 1.06. The quantitative estimate of drug-likeness (QED) is 0.890. The molecular formula is C18H21NO3. The van der Waals surface area contributed by atoms with Crippen molar-refractivity contribution in [2.45, 2.75) is 20.4 Å². The Balaban J connectivity index is 2.05. The van der Waals surface area contributed by atoms with Gasteiger partial charge in [0.2, 0.25) is 0 Å². The summed E-state index contributed by atoms with van der Waals surface area (Å²) in [6, 6.07) is 13.2. The molecule has 0 atom stereocenters. The van der Waals surface area contributed by atoms with E-state index in [4.69, 9.17) is 9.47 Å². The van der Waals surface area contributed by atoms with E-state index in [0.29, 0.717) is 30.2 Å². The Bertz CT molecular complexity index is 635. The van der Waals surface area contributed by atoms with E-state index < -0.39 is 0 Å². The number of aryl methyl sites for hydroxylation is 1. The second-order valence-corrected chi connectivity index (χ2v) is 4.97. The van der Waals surface area contributed by atoms with Crippen LogP contribution < -0.4 is 14.8 Å². The minimum Gasteiger partial charge on any atom is -0.493 e. The molecule has 0 unspecified atom stereocenters. The Kier molecular flexibility index (Phi) is 5.42. The molecule has 0 aliphatic heterocycles. The zero-order chi connectivity index (χ0) is 15.9. The maximum absolute atomic E-state index is 12.2. The first kappa shape index (κ1) is 15.9. The summed E-state index contributed by atoms with van der Waals surface area (Å²) in [6.45, 7) is 4.94. The maximum Gasteiger partial charge on any atom is 0.251 e. The van der Waals surface area contributed by atoms with Crippen LogP contribution in [0.3, 0.4) is 0 Å². The highest BCUT2D eigenvalue weighted by Gasteiger charge is 2.10. The molecule has 4 heteroatoms. The first-order valence-corrected chi connectivity index (χ1v) is 7.28. The minimum absolute atomic E-state index is 0.135. The molecule has 2 aromatic rings. The Morgan fingerprint density at radius 2 is 1.82 bits per heavy atom. The molecule has 2 rings (SSSR count). The lowest BCUT2D eigenvalue weighted by atomic mass is 10.1. The average Bonchev–Trinajstić information content (AvgIpc) is 2.54. The molecule has 0 saturated heterocycles. The van der Waals surface area contributed by atoms with Gasteiger partial charge in [-0.1, -0.05) is 29.8 Å². The zero-order valence-electron chi connectivity index (χ0n) is 13.2. The second kappa shape index (κ2) is 7.50. The molecule has 0 aromatic heterocycles. The zero-order valence-corrected chi connectivity index (χ0v) is 13.2. The lowest BCUT2D eigenvalue weighted by molar-refractivity contribution is 0.0950. The van der Waals surface area contributed by atoms with Crippen molar-refractivity contribution in [3.63, 3.8) is 0 Å². The van der Waals surface area contributed by atoms with Crippen molar-refractivity contribution in [3.05, 3.63) is 59.2 Å². The van der Waals surface area contributed by atoms with Gasteiger partial charge in [-0.15, -0.1) is 0 Å². The molecule has 116 valence electrons. The van der Waals surface area contributed by atoms with Gasteiger partial charge in [-0.05, 0) is 37.6 Å². The molecule has 0 aliphatic rings. The van der Waals surface area contributed by atoms with Crippen LogP contribution in [-0.2, 0) is 6.54 Å². The Morgan fingerprint density at radius 1 is 1.09 bits per heavy atom. The Morgan fingerprint density at radius 3 is 2.45 bits per heavy atom. The van der Waals surface area contributed by atoms with Crippen molar-refractivity contribution >= 4 is 5.91 Å². The van der Waals surface area contributed by atoms with Gasteiger partial charge in [0.05, 0.1) is 13.7 Å². The Hall–Kier alpha value is -2.49. The predicted molar refractivity (Wildman–Crippen MR) is 86.5 cm³/mol. The fraction of sp³-hybridized carbons (Fsp3) is 0.278. The van der Waals surface area contributed by atoms with Gasteiger partial charge in [0.15, 0.2) is 11.5 Å². The van der Waals surface area contributed by atoms with E-state index in [9.17, 15) is 4.79 Å². The highest BCUT2D eigenvalue weighted by molar-refractivity contribution is 5.94. The molecule has 2 aromatic carbocycles. The molecule has 0 bridgehead atoms. The van der Waals surface area contributed by atoms with Crippen LogP contribution in [-0.4, -0.2) is 19.6 Å². The number of rotatable bonds is 6. The summed E-state index contributed by atoms with van der Waals surface area (Å²) >= 11 is 0. The smallest absolute Gasteiger partial charge is 0.251 e. The van der Waals surface area contributed by atoms with Gasteiger partial charge in [0, 0.05) is 12.1 Å². The summed E-state index contributed by atoms with van der Waals surface area (Å²) in [5.41, 5.74) is 2.82. The van der Waals surface area contributed by atoms with Crippen LogP contribution in [0.15, 0.2) is 42.5 Å². The monoisotopic (exact) mass is 299 g/mol. The first-order valence-electron chi connectivity index (χ1n) is 7.28. The normalized spacial score (nSPS) is 10.1. The van der Waals surface area contributed by atoms with Gasteiger partial charge in [0.25, 0.3) is 5.91 Å². The molecule has 0 radical (unpaired) electrons. The van der Waals surface area contributed by atoms with E-state index in [1.54, 1.807) is 25.3 Å². The standard InChI is InChI=1S/C18H21NO3/c1-4-22-17-11-15(9-10-16(17)21-3)18(20)19-12-14-7-5-13(2)6-8-14/h5-11H,4,12H2,1-3H3,(H,19,20). The molecule has 0 spiro atoms. The topological polar surface area (TPSA) is 47.6 Å². The van der Waals surface area contributed by atoms with Crippen molar-refractivity contribution in [2.24, 2.45) is 0 Å². The first-order chi connectivity index (χ1) is 10.6. The number of hydrogen-bond donors (Lipinski definition) is 1. The van der Waals surface area contributed by atoms with Crippen LogP contribution in [0.4, 0.5) is 0 Å². The molecule has 0 saturated carbocycles. The van der Waals surface area contributed by atoms with Crippen LogP contribution >= 0.6 is 0 Å². The van der Waals surface area contributed by atoms with Crippen LogP contribution in [0.1, 0.15) is 28.4 Å². The van der Waals surface area contributed by atoms with E-state index >= 15 is 0 Å². The summed E-state index contributed by atoms with van der Waals surface area (Å²) in [5, 5.41) is 2.91. The lowest BCUT2D eigenvalue weighted by Crippen LogP contribution is -2.22. The summed E-state index contributed by atoms with van der Waals surface area (Å²) in [4.78, 5) is 12.2. The molecular weight excluding hydrogens is 278 g/mol. The number of ether oxygens (including phenoxy) is 2. The third-order valence-electron chi connectivity index (χ3n) is 3.30. The number of benzene rings is 2. The SMILES string of the molecule is CCOc1cc(C(=O)NCc2ccc(C)cc2)ccc1OC. The fourth-order valence-corrected chi connectivity index (χ4v) is 2.08. The highest BCUT2D eigenvalue weighted by Crippen LogP contribution is 2.28. The van der Waals surface area contributed by atoms with Crippen LogP contribution in [0, 0.1) is 6.92 Å². The average molecular weight is 299 g/mol.